The van der Waals surface area contributed by atoms with E-state index in [-0.39, 0.29) is 17.6 Å². The fourth-order valence-electron chi connectivity index (χ4n) is 1.81. The fraction of sp³-hybridized carbons (Fsp3) is 0.818. The van der Waals surface area contributed by atoms with Gasteiger partial charge in [-0.2, -0.15) is 4.80 Å². The molecule has 0 N–H and O–H groups in total. The zero-order valence-corrected chi connectivity index (χ0v) is 11.3. The summed E-state index contributed by atoms with van der Waals surface area (Å²) in [5.74, 6) is 0.447. The monoisotopic (exact) mass is 253 g/mol. The number of rotatable bonds is 3. The molecule has 1 saturated heterocycles. The van der Waals surface area contributed by atoms with E-state index < -0.39 is 0 Å². The second kappa shape index (κ2) is 4.64. The van der Waals surface area contributed by atoms with E-state index in [1.165, 1.54) is 7.11 Å². The summed E-state index contributed by atoms with van der Waals surface area (Å²) in [6.07, 6.45) is 0.833. The van der Waals surface area contributed by atoms with Crippen molar-refractivity contribution in [1.29, 1.82) is 0 Å². The zero-order chi connectivity index (χ0) is 13.3. The van der Waals surface area contributed by atoms with Crippen LogP contribution in [0.25, 0.3) is 0 Å². The molecule has 1 unspecified atom stereocenters. The van der Waals surface area contributed by atoms with Crippen molar-refractivity contribution in [3.63, 3.8) is 0 Å². The van der Waals surface area contributed by atoms with Crippen molar-refractivity contribution in [2.75, 3.05) is 13.7 Å². The normalized spacial score (nSPS) is 20.6. The van der Waals surface area contributed by atoms with Crippen molar-refractivity contribution in [2.24, 2.45) is 0 Å². The molecule has 2 heterocycles. The fourth-order valence-corrected chi connectivity index (χ4v) is 1.81. The molecule has 1 aliphatic heterocycles. The largest absolute Gasteiger partial charge is 0.468 e. The van der Waals surface area contributed by atoms with Crippen molar-refractivity contribution >= 4 is 5.97 Å². The molecule has 0 radical (unpaired) electrons. The average molecular weight is 253 g/mol. The lowest BCUT2D eigenvalue weighted by Crippen LogP contribution is -2.52. The third-order valence-corrected chi connectivity index (χ3v) is 3.00. The second-order valence-corrected chi connectivity index (χ2v) is 5.46. The molecule has 1 atom stereocenters. The summed E-state index contributed by atoms with van der Waals surface area (Å²) in [5, 5.41) is 12.4. The topological polar surface area (TPSA) is 73.1 Å². The first-order valence-corrected chi connectivity index (χ1v) is 6.03. The van der Waals surface area contributed by atoms with Gasteiger partial charge in [0.1, 0.15) is 6.04 Å². The Morgan fingerprint density at radius 3 is 2.67 bits per heavy atom. The van der Waals surface area contributed by atoms with Crippen molar-refractivity contribution in [3.8, 4) is 0 Å². The molecule has 1 fully saturated rings. The number of carbonyl (C=O) groups excluding carboxylic acids is 1. The van der Waals surface area contributed by atoms with Gasteiger partial charge in [0, 0.05) is 6.54 Å². The number of esters is 1. The number of ether oxygens (including phenoxy) is 1. The maximum absolute atomic E-state index is 11.4. The molecule has 18 heavy (non-hydrogen) atoms. The van der Waals surface area contributed by atoms with Gasteiger partial charge in [0.15, 0.2) is 5.82 Å². The predicted molar refractivity (Wildman–Crippen MR) is 63.6 cm³/mol. The van der Waals surface area contributed by atoms with Crippen LogP contribution in [0.4, 0.5) is 0 Å². The van der Waals surface area contributed by atoms with Gasteiger partial charge >= 0.3 is 5.97 Å². The number of hydrogen-bond donors (Lipinski definition) is 0. The Labute approximate surface area is 106 Å². The number of tetrazole rings is 1. The Bertz CT molecular complexity index is 437. The van der Waals surface area contributed by atoms with Crippen LogP contribution >= 0.6 is 0 Å². The first-order chi connectivity index (χ1) is 8.41. The average Bonchev–Trinajstić information content (AvgIpc) is 2.72. The van der Waals surface area contributed by atoms with Gasteiger partial charge in [-0.25, -0.2) is 0 Å². The molecule has 7 nitrogen and oxygen atoms in total. The molecular formula is C11H19N5O2. The third-order valence-electron chi connectivity index (χ3n) is 3.00. The van der Waals surface area contributed by atoms with E-state index in [9.17, 15) is 4.79 Å². The molecule has 0 aliphatic carbocycles. The molecule has 1 aliphatic rings. The standard InChI is InChI=1S/C11H19N5O2/c1-11(2,3)16-13-9(12-14-16)7-15-6-5-8(15)10(17)18-4/h8H,5-7H2,1-4H3. The Morgan fingerprint density at radius 1 is 1.50 bits per heavy atom. The van der Waals surface area contributed by atoms with E-state index in [1.807, 2.05) is 25.7 Å². The lowest BCUT2D eigenvalue weighted by Gasteiger charge is -2.37. The first-order valence-electron chi connectivity index (χ1n) is 6.03. The minimum atomic E-state index is -0.190. The number of methoxy groups -OCH3 is 1. The minimum Gasteiger partial charge on any atom is -0.468 e. The molecule has 0 amide bonds. The molecule has 1 aromatic heterocycles. The minimum absolute atomic E-state index is 0.156. The molecule has 7 heteroatoms. The maximum Gasteiger partial charge on any atom is 0.323 e. The summed E-state index contributed by atoms with van der Waals surface area (Å²) >= 11 is 0. The van der Waals surface area contributed by atoms with Crippen LogP contribution in [-0.4, -0.2) is 50.8 Å². The molecular weight excluding hydrogens is 234 g/mol. The highest BCUT2D eigenvalue weighted by Gasteiger charge is 2.35. The summed E-state index contributed by atoms with van der Waals surface area (Å²) in [6.45, 7) is 7.44. The number of aromatic nitrogens is 4. The van der Waals surface area contributed by atoms with E-state index in [0.29, 0.717) is 12.4 Å². The highest BCUT2D eigenvalue weighted by molar-refractivity contribution is 5.76. The van der Waals surface area contributed by atoms with Crippen LogP contribution in [-0.2, 0) is 21.6 Å². The van der Waals surface area contributed by atoms with Crippen LogP contribution in [0, 0.1) is 0 Å². The van der Waals surface area contributed by atoms with Crippen molar-refractivity contribution < 1.29 is 9.53 Å². The second-order valence-electron chi connectivity index (χ2n) is 5.46. The Morgan fingerprint density at radius 2 is 2.22 bits per heavy atom. The third kappa shape index (κ3) is 2.50. The van der Waals surface area contributed by atoms with Crippen LogP contribution in [0.3, 0.4) is 0 Å². The van der Waals surface area contributed by atoms with Crippen molar-refractivity contribution in [2.45, 2.75) is 45.3 Å². The van der Waals surface area contributed by atoms with Gasteiger partial charge in [-0.05, 0) is 32.4 Å². The molecule has 0 spiro atoms. The Kier molecular flexibility index (Phi) is 3.34. The molecule has 1 aromatic rings. The van der Waals surface area contributed by atoms with E-state index in [4.69, 9.17) is 4.74 Å². The van der Waals surface area contributed by atoms with Crippen LogP contribution in [0.5, 0.6) is 0 Å². The Hall–Kier alpha value is -1.50. The van der Waals surface area contributed by atoms with Crippen molar-refractivity contribution in [3.05, 3.63) is 5.82 Å². The Balaban J connectivity index is 1.98. The quantitative estimate of drug-likeness (QED) is 0.715. The van der Waals surface area contributed by atoms with Crippen LogP contribution in [0.2, 0.25) is 0 Å². The van der Waals surface area contributed by atoms with E-state index in [0.717, 1.165) is 13.0 Å². The van der Waals surface area contributed by atoms with Gasteiger partial charge in [0.2, 0.25) is 0 Å². The summed E-state index contributed by atoms with van der Waals surface area (Å²) in [7, 11) is 1.41. The summed E-state index contributed by atoms with van der Waals surface area (Å²) in [5.41, 5.74) is -0.179. The van der Waals surface area contributed by atoms with Crippen LogP contribution < -0.4 is 0 Å². The highest BCUT2D eigenvalue weighted by atomic mass is 16.5. The first kappa shape index (κ1) is 12.9. The smallest absolute Gasteiger partial charge is 0.323 e. The number of likely N-dealkylation sites (tertiary alicyclic amines) is 1. The molecule has 0 aromatic carbocycles. The number of hydrogen-bond acceptors (Lipinski definition) is 6. The molecule has 2 rings (SSSR count). The van der Waals surface area contributed by atoms with Gasteiger partial charge in [-0.3, -0.25) is 9.69 Å². The van der Waals surface area contributed by atoms with E-state index in [1.54, 1.807) is 4.80 Å². The van der Waals surface area contributed by atoms with Gasteiger partial charge in [0.05, 0.1) is 19.2 Å². The van der Waals surface area contributed by atoms with Crippen LogP contribution in [0.15, 0.2) is 0 Å². The number of carbonyl (C=O) groups is 1. The zero-order valence-electron chi connectivity index (χ0n) is 11.3. The summed E-state index contributed by atoms with van der Waals surface area (Å²) in [4.78, 5) is 15.0. The van der Waals surface area contributed by atoms with E-state index >= 15 is 0 Å². The maximum atomic E-state index is 11.4. The summed E-state index contributed by atoms with van der Waals surface area (Å²) in [6, 6.07) is -0.156. The highest BCUT2D eigenvalue weighted by Crippen LogP contribution is 2.20. The summed E-state index contributed by atoms with van der Waals surface area (Å²) < 4.78 is 4.74. The molecule has 0 bridgehead atoms. The molecule has 100 valence electrons. The van der Waals surface area contributed by atoms with Gasteiger partial charge in [-0.1, -0.05) is 0 Å². The molecule has 0 saturated carbocycles. The van der Waals surface area contributed by atoms with Crippen LogP contribution in [0.1, 0.15) is 33.0 Å². The van der Waals surface area contributed by atoms with Gasteiger partial charge < -0.3 is 4.74 Å². The predicted octanol–water partition coefficient (Wildman–Crippen LogP) is 0.175. The SMILES string of the molecule is COC(=O)C1CCN1Cc1nnn(C(C)(C)C)n1. The van der Waals surface area contributed by atoms with Crippen molar-refractivity contribution in [1.82, 2.24) is 25.1 Å². The lowest BCUT2D eigenvalue weighted by atomic mass is 10.0. The van der Waals surface area contributed by atoms with E-state index in [2.05, 4.69) is 15.4 Å². The van der Waals surface area contributed by atoms with Gasteiger partial charge in [0.25, 0.3) is 0 Å². The lowest BCUT2D eigenvalue weighted by molar-refractivity contribution is -0.152. The number of nitrogens with zero attached hydrogens (tertiary/aromatic N) is 5. The van der Waals surface area contributed by atoms with Gasteiger partial charge in [-0.15, -0.1) is 10.2 Å².